The minimum atomic E-state index is -0.0469. The van der Waals surface area contributed by atoms with E-state index in [1.807, 2.05) is 6.92 Å². The molecule has 1 fully saturated rings. The minimum Gasteiger partial charge on any atom is -0.316 e. The molecule has 2 N–H and O–H groups in total. The van der Waals surface area contributed by atoms with E-state index in [-0.39, 0.29) is 5.56 Å². The molecule has 1 unspecified atom stereocenters. The summed E-state index contributed by atoms with van der Waals surface area (Å²) in [7, 11) is 0. The van der Waals surface area contributed by atoms with Gasteiger partial charge in [0.1, 0.15) is 5.82 Å². The number of hydrogen-bond donors (Lipinski definition) is 2. The second-order valence-electron chi connectivity index (χ2n) is 3.45. The zero-order valence-corrected chi connectivity index (χ0v) is 7.63. The summed E-state index contributed by atoms with van der Waals surface area (Å²) < 4.78 is 0. The molecule has 4 heteroatoms. The molecule has 1 atom stereocenters. The van der Waals surface area contributed by atoms with Crippen LogP contribution in [0.15, 0.2) is 10.9 Å². The quantitative estimate of drug-likeness (QED) is 0.645. The molecule has 0 aliphatic carbocycles. The summed E-state index contributed by atoms with van der Waals surface area (Å²) in [6.07, 6.45) is 1.08. The van der Waals surface area contributed by atoms with Gasteiger partial charge in [0.25, 0.3) is 5.56 Å². The summed E-state index contributed by atoms with van der Waals surface area (Å²) in [6.45, 7) is 3.78. The van der Waals surface area contributed by atoms with Crippen LogP contribution in [0.1, 0.15) is 23.9 Å². The Morgan fingerprint density at radius 1 is 1.62 bits per heavy atom. The van der Waals surface area contributed by atoms with Crippen molar-refractivity contribution in [2.24, 2.45) is 0 Å². The summed E-state index contributed by atoms with van der Waals surface area (Å²) in [6, 6.07) is 1.60. The lowest BCUT2D eigenvalue weighted by Crippen LogP contribution is -2.15. The van der Waals surface area contributed by atoms with E-state index in [0.717, 1.165) is 25.2 Å². The predicted molar refractivity (Wildman–Crippen MR) is 49.8 cm³/mol. The van der Waals surface area contributed by atoms with Gasteiger partial charge >= 0.3 is 0 Å². The standard InChI is InChI=1S/C9H13N3O/c1-6-11-8(4-9(13)12-6)7-2-3-10-5-7/h4,7,10H,2-3,5H2,1H3,(H,11,12,13). The van der Waals surface area contributed by atoms with Crippen LogP contribution < -0.4 is 10.9 Å². The zero-order chi connectivity index (χ0) is 9.26. The monoisotopic (exact) mass is 179 g/mol. The normalized spacial score (nSPS) is 22.1. The van der Waals surface area contributed by atoms with Crippen LogP contribution in [-0.2, 0) is 0 Å². The van der Waals surface area contributed by atoms with Gasteiger partial charge in [-0.25, -0.2) is 4.98 Å². The van der Waals surface area contributed by atoms with Gasteiger partial charge in [-0.3, -0.25) is 4.79 Å². The first-order valence-electron chi connectivity index (χ1n) is 4.54. The highest BCUT2D eigenvalue weighted by Gasteiger charge is 2.18. The first-order chi connectivity index (χ1) is 6.25. The Morgan fingerprint density at radius 3 is 3.08 bits per heavy atom. The van der Waals surface area contributed by atoms with Crippen molar-refractivity contribution >= 4 is 0 Å². The van der Waals surface area contributed by atoms with E-state index in [0.29, 0.717) is 11.7 Å². The van der Waals surface area contributed by atoms with E-state index in [1.54, 1.807) is 6.07 Å². The highest BCUT2D eigenvalue weighted by atomic mass is 16.1. The van der Waals surface area contributed by atoms with E-state index in [1.165, 1.54) is 0 Å². The largest absolute Gasteiger partial charge is 0.316 e. The fourth-order valence-electron chi connectivity index (χ4n) is 1.72. The van der Waals surface area contributed by atoms with E-state index >= 15 is 0 Å². The smallest absolute Gasteiger partial charge is 0.251 e. The number of aromatic amines is 1. The third kappa shape index (κ3) is 1.78. The Balaban J connectivity index is 2.33. The molecule has 70 valence electrons. The third-order valence-electron chi connectivity index (χ3n) is 2.36. The molecule has 13 heavy (non-hydrogen) atoms. The Morgan fingerprint density at radius 2 is 2.46 bits per heavy atom. The molecule has 0 aromatic carbocycles. The average Bonchev–Trinajstić information content (AvgIpc) is 2.53. The van der Waals surface area contributed by atoms with Crippen LogP contribution in [0.5, 0.6) is 0 Å². The molecule has 0 radical (unpaired) electrons. The molecular formula is C9H13N3O. The molecule has 4 nitrogen and oxygen atoms in total. The topological polar surface area (TPSA) is 57.8 Å². The van der Waals surface area contributed by atoms with E-state index in [9.17, 15) is 4.79 Å². The molecule has 2 rings (SSSR count). The maximum atomic E-state index is 11.2. The lowest BCUT2D eigenvalue weighted by Gasteiger charge is -2.06. The molecule has 1 aromatic heterocycles. The van der Waals surface area contributed by atoms with Crippen molar-refractivity contribution in [1.29, 1.82) is 0 Å². The maximum absolute atomic E-state index is 11.2. The van der Waals surface area contributed by atoms with E-state index < -0.39 is 0 Å². The highest BCUT2D eigenvalue weighted by Crippen LogP contribution is 2.18. The van der Waals surface area contributed by atoms with Crippen LogP contribution in [0.2, 0.25) is 0 Å². The first-order valence-corrected chi connectivity index (χ1v) is 4.54. The van der Waals surface area contributed by atoms with Crippen molar-refractivity contribution in [3.05, 3.63) is 27.9 Å². The number of aryl methyl sites for hydroxylation is 1. The molecule has 0 bridgehead atoms. The maximum Gasteiger partial charge on any atom is 0.251 e. The van der Waals surface area contributed by atoms with Crippen molar-refractivity contribution in [2.75, 3.05) is 13.1 Å². The average molecular weight is 179 g/mol. The third-order valence-corrected chi connectivity index (χ3v) is 2.36. The summed E-state index contributed by atoms with van der Waals surface area (Å²) in [5, 5.41) is 3.26. The fraction of sp³-hybridized carbons (Fsp3) is 0.556. The number of nitrogens with one attached hydrogen (secondary N) is 2. The Kier molecular flexibility index (Phi) is 2.14. The fourth-order valence-corrected chi connectivity index (χ4v) is 1.72. The van der Waals surface area contributed by atoms with Gasteiger partial charge in [0.15, 0.2) is 0 Å². The molecule has 0 saturated carbocycles. The highest BCUT2D eigenvalue weighted by molar-refractivity contribution is 5.10. The van der Waals surface area contributed by atoms with E-state index in [4.69, 9.17) is 0 Å². The molecule has 2 heterocycles. The predicted octanol–water partition coefficient (Wildman–Crippen LogP) is 0.155. The van der Waals surface area contributed by atoms with E-state index in [2.05, 4.69) is 15.3 Å². The number of H-pyrrole nitrogens is 1. The summed E-state index contributed by atoms with van der Waals surface area (Å²) >= 11 is 0. The van der Waals surface area contributed by atoms with Crippen molar-refractivity contribution in [3.63, 3.8) is 0 Å². The lowest BCUT2D eigenvalue weighted by molar-refractivity contribution is 0.721. The Labute approximate surface area is 76.4 Å². The molecule has 1 aliphatic rings. The van der Waals surface area contributed by atoms with Crippen LogP contribution in [0.3, 0.4) is 0 Å². The molecule has 1 aliphatic heterocycles. The number of hydrogen-bond acceptors (Lipinski definition) is 3. The van der Waals surface area contributed by atoms with Crippen molar-refractivity contribution < 1.29 is 0 Å². The molecular weight excluding hydrogens is 166 g/mol. The Bertz CT molecular complexity index is 352. The molecule has 1 saturated heterocycles. The van der Waals surface area contributed by atoms with Gasteiger partial charge in [-0.2, -0.15) is 0 Å². The number of rotatable bonds is 1. The molecule has 1 aromatic rings. The van der Waals surface area contributed by atoms with Crippen molar-refractivity contribution in [1.82, 2.24) is 15.3 Å². The van der Waals surface area contributed by atoms with Gasteiger partial charge in [-0.05, 0) is 19.9 Å². The van der Waals surface area contributed by atoms with Gasteiger partial charge < -0.3 is 10.3 Å². The van der Waals surface area contributed by atoms with Crippen molar-refractivity contribution in [3.8, 4) is 0 Å². The SMILES string of the molecule is Cc1nc(C2CCNC2)cc(=O)[nH]1. The first kappa shape index (κ1) is 8.44. The van der Waals surface area contributed by atoms with Crippen molar-refractivity contribution in [2.45, 2.75) is 19.3 Å². The van der Waals surface area contributed by atoms with Gasteiger partial charge in [0, 0.05) is 18.5 Å². The molecule has 0 amide bonds. The lowest BCUT2D eigenvalue weighted by atomic mass is 10.1. The van der Waals surface area contributed by atoms with Gasteiger partial charge in [0.2, 0.25) is 0 Å². The summed E-state index contributed by atoms with van der Waals surface area (Å²) in [4.78, 5) is 18.1. The van der Waals surface area contributed by atoms with Gasteiger partial charge in [0.05, 0.1) is 5.69 Å². The molecule has 0 spiro atoms. The van der Waals surface area contributed by atoms with Crippen LogP contribution in [0.25, 0.3) is 0 Å². The Hall–Kier alpha value is -1.16. The van der Waals surface area contributed by atoms with Crippen LogP contribution in [-0.4, -0.2) is 23.1 Å². The summed E-state index contributed by atoms with van der Waals surface area (Å²) in [5.41, 5.74) is 0.876. The van der Waals surface area contributed by atoms with Gasteiger partial charge in [-0.1, -0.05) is 0 Å². The second kappa shape index (κ2) is 3.30. The van der Waals surface area contributed by atoms with Crippen LogP contribution in [0.4, 0.5) is 0 Å². The van der Waals surface area contributed by atoms with Crippen LogP contribution in [0, 0.1) is 6.92 Å². The summed E-state index contributed by atoms with van der Waals surface area (Å²) in [5.74, 6) is 1.12. The number of aromatic nitrogens is 2. The second-order valence-corrected chi connectivity index (χ2v) is 3.45. The van der Waals surface area contributed by atoms with Gasteiger partial charge in [-0.15, -0.1) is 0 Å². The minimum absolute atomic E-state index is 0.0469. The zero-order valence-electron chi connectivity index (χ0n) is 7.63. The van der Waals surface area contributed by atoms with Crippen LogP contribution >= 0.6 is 0 Å². The number of nitrogens with zero attached hydrogens (tertiary/aromatic N) is 1.